The molecule has 2 heterocycles. The van der Waals surface area contributed by atoms with Gasteiger partial charge in [0, 0.05) is 22.9 Å². The van der Waals surface area contributed by atoms with Gasteiger partial charge in [-0.25, -0.2) is 0 Å². The smallest absolute Gasteiger partial charge is 0.254 e. The predicted molar refractivity (Wildman–Crippen MR) is 85.4 cm³/mol. The highest BCUT2D eigenvalue weighted by molar-refractivity contribution is 7.99. The quantitative estimate of drug-likeness (QED) is 0.825. The maximum absolute atomic E-state index is 12.8. The van der Waals surface area contributed by atoms with Crippen molar-refractivity contribution < 1.29 is 4.79 Å². The summed E-state index contributed by atoms with van der Waals surface area (Å²) in [6.45, 7) is 4.18. The van der Waals surface area contributed by atoms with Crippen molar-refractivity contribution in [2.75, 3.05) is 6.26 Å². The Bertz CT molecular complexity index is 514. The topological polar surface area (TPSA) is 20.3 Å². The maximum atomic E-state index is 12.8. The van der Waals surface area contributed by atoms with Crippen molar-refractivity contribution in [3.05, 3.63) is 34.9 Å². The van der Waals surface area contributed by atoms with Crippen molar-refractivity contribution in [1.29, 1.82) is 0 Å². The zero-order valence-corrected chi connectivity index (χ0v) is 13.4. The van der Waals surface area contributed by atoms with Crippen LogP contribution in [0.3, 0.4) is 0 Å². The fourth-order valence-corrected chi connectivity index (χ4v) is 4.50. The average Bonchev–Trinajstić information content (AvgIpc) is 2.71. The van der Waals surface area contributed by atoms with Crippen LogP contribution in [0.1, 0.15) is 47.2 Å². The van der Waals surface area contributed by atoms with E-state index in [4.69, 9.17) is 0 Å². The summed E-state index contributed by atoms with van der Waals surface area (Å²) >= 11 is 1.97. The fourth-order valence-electron chi connectivity index (χ4n) is 3.67. The van der Waals surface area contributed by atoms with Gasteiger partial charge in [-0.3, -0.25) is 4.79 Å². The van der Waals surface area contributed by atoms with Crippen molar-refractivity contribution in [3.8, 4) is 0 Å². The Labute approximate surface area is 125 Å². The first-order chi connectivity index (χ1) is 9.60. The minimum absolute atomic E-state index is 0.250. The van der Waals surface area contributed by atoms with E-state index in [0.717, 1.165) is 10.8 Å². The minimum atomic E-state index is 0.250. The first kappa shape index (κ1) is 14.0. The van der Waals surface area contributed by atoms with Crippen molar-refractivity contribution in [3.63, 3.8) is 0 Å². The van der Waals surface area contributed by atoms with Crippen molar-refractivity contribution in [1.82, 2.24) is 4.90 Å². The van der Waals surface area contributed by atoms with Crippen LogP contribution in [0.25, 0.3) is 0 Å². The highest BCUT2D eigenvalue weighted by Gasteiger charge is 2.43. The molecule has 108 valence electrons. The van der Waals surface area contributed by atoms with E-state index in [2.05, 4.69) is 37.1 Å². The second-order valence-electron chi connectivity index (χ2n) is 6.23. The molecule has 2 aliphatic heterocycles. The van der Waals surface area contributed by atoms with E-state index in [9.17, 15) is 4.79 Å². The van der Waals surface area contributed by atoms with E-state index in [1.54, 1.807) is 0 Å². The Morgan fingerprint density at radius 3 is 2.35 bits per heavy atom. The Hall–Kier alpha value is -0.960. The molecule has 1 aromatic rings. The lowest BCUT2D eigenvalue weighted by molar-refractivity contribution is 0.0601. The molecule has 20 heavy (non-hydrogen) atoms. The Morgan fingerprint density at radius 1 is 1.15 bits per heavy atom. The van der Waals surface area contributed by atoms with E-state index in [1.807, 2.05) is 17.8 Å². The van der Waals surface area contributed by atoms with Crippen molar-refractivity contribution in [2.45, 2.75) is 56.9 Å². The van der Waals surface area contributed by atoms with E-state index < -0.39 is 0 Å². The van der Waals surface area contributed by atoms with E-state index in [-0.39, 0.29) is 5.91 Å². The van der Waals surface area contributed by atoms with Gasteiger partial charge < -0.3 is 4.90 Å². The Morgan fingerprint density at radius 2 is 1.80 bits per heavy atom. The summed E-state index contributed by atoms with van der Waals surface area (Å²) in [6, 6.07) is 7.06. The molecule has 0 spiro atoms. The number of hydrogen-bond acceptors (Lipinski definition) is 2. The number of rotatable bonds is 2. The number of fused-ring (bicyclic) bond motifs is 2. The molecule has 2 saturated heterocycles. The van der Waals surface area contributed by atoms with Gasteiger partial charge in [0.1, 0.15) is 0 Å². The summed E-state index contributed by atoms with van der Waals surface area (Å²) in [7, 11) is 0. The van der Waals surface area contributed by atoms with Gasteiger partial charge in [-0.05, 0) is 69.0 Å². The molecular weight excluding hydrogens is 266 g/mol. The largest absolute Gasteiger partial charge is 0.333 e. The molecule has 2 aliphatic rings. The molecule has 2 atom stereocenters. The van der Waals surface area contributed by atoms with Crippen LogP contribution in [0.2, 0.25) is 0 Å². The summed E-state index contributed by atoms with van der Waals surface area (Å²) in [4.78, 5) is 15.0. The third-order valence-corrected chi connectivity index (χ3v) is 6.06. The number of amides is 1. The molecule has 0 radical (unpaired) electrons. The molecule has 3 heteroatoms. The maximum Gasteiger partial charge on any atom is 0.254 e. The Kier molecular flexibility index (Phi) is 3.80. The first-order valence-electron chi connectivity index (χ1n) is 7.53. The lowest BCUT2D eigenvalue weighted by atomic mass is 9.99. The van der Waals surface area contributed by atoms with Crippen LogP contribution in [0.4, 0.5) is 0 Å². The van der Waals surface area contributed by atoms with Gasteiger partial charge in [0.15, 0.2) is 0 Å². The molecule has 1 amide bonds. The summed E-state index contributed by atoms with van der Waals surface area (Å²) in [5, 5.41) is 0.747. The zero-order chi connectivity index (χ0) is 14.3. The van der Waals surface area contributed by atoms with Crippen LogP contribution in [0.5, 0.6) is 0 Å². The zero-order valence-electron chi connectivity index (χ0n) is 12.6. The van der Waals surface area contributed by atoms with Gasteiger partial charge >= 0.3 is 0 Å². The standard InChI is InChI=1S/C17H23NOS/c1-11-4-5-13(8-12(11)2)17(19)18-14-6-7-15(18)10-16(9-14)20-3/h4-5,8,14-16H,6-7,9-10H2,1-3H3. The molecule has 1 aromatic carbocycles. The van der Waals surface area contributed by atoms with Gasteiger partial charge in [-0.2, -0.15) is 11.8 Å². The molecule has 3 rings (SSSR count). The SMILES string of the molecule is CSC1CC2CCC(C1)N2C(=O)c1ccc(C)c(C)c1. The second-order valence-corrected chi connectivity index (χ2v) is 7.36. The minimum Gasteiger partial charge on any atom is -0.333 e. The monoisotopic (exact) mass is 289 g/mol. The second kappa shape index (κ2) is 5.44. The number of carbonyl (C=O) groups is 1. The molecule has 2 bridgehead atoms. The van der Waals surface area contributed by atoms with Gasteiger partial charge in [0.05, 0.1) is 0 Å². The lowest BCUT2D eigenvalue weighted by Gasteiger charge is -2.38. The molecule has 2 unspecified atom stereocenters. The predicted octanol–water partition coefficient (Wildman–Crippen LogP) is 3.80. The van der Waals surface area contributed by atoms with Crippen molar-refractivity contribution >= 4 is 17.7 Å². The van der Waals surface area contributed by atoms with Gasteiger partial charge in [-0.15, -0.1) is 0 Å². The van der Waals surface area contributed by atoms with Crippen LogP contribution in [-0.4, -0.2) is 34.4 Å². The van der Waals surface area contributed by atoms with Crippen LogP contribution in [-0.2, 0) is 0 Å². The highest BCUT2D eigenvalue weighted by atomic mass is 32.2. The van der Waals surface area contributed by atoms with Crippen LogP contribution < -0.4 is 0 Å². The lowest BCUT2D eigenvalue weighted by Crippen LogP contribution is -2.47. The molecule has 0 saturated carbocycles. The number of benzene rings is 1. The number of aryl methyl sites for hydroxylation is 2. The van der Waals surface area contributed by atoms with Crippen LogP contribution in [0.15, 0.2) is 18.2 Å². The third-order valence-electron chi connectivity index (χ3n) is 5.01. The summed E-state index contributed by atoms with van der Waals surface area (Å²) < 4.78 is 0. The molecule has 0 N–H and O–H groups in total. The van der Waals surface area contributed by atoms with Gasteiger partial charge in [0.2, 0.25) is 0 Å². The summed E-state index contributed by atoms with van der Waals surface area (Å²) in [5.74, 6) is 0.250. The van der Waals surface area contributed by atoms with Crippen LogP contribution in [0, 0.1) is 13.8 Å². The van der Waals surface area contributed by atoms with Crippen molar-refractivity contribution in [2.24, 2.45) is 0 Å². The highest BCUT2D eigenvalue weighted by Crippen LogP contribution is 2.40. The van der Waals surface area contributed by atoms with Gasteiger partial charge in [-0.1, -0.05) is 6.07 Å². The number of hydrogen-bond donors (Lipinski definition) is 0. The molecule has 0 aromatic heterocycles. The number of nitrogens with zero attached hydrogens (tertiary/aromatic N) is 1. The molecule has 2 nitrogen and oxygen atoms in total. The summed E-state index contributed by atoms with van der Waals surface area (Å²) in [5.41, 5.74) is 3.33. The number of thioether (sulfide) groups is 1. The fraction of sp³-hybridized carbons (Fsp3) is 0.588. The van der Waals surface area contributed by atoms with E-state index >= 15 is 0 Å². The average molecular weight is 289 g/mol. The van der Waals surface area contributed by atoms with E-state index in [1.165, 1.54) is 36.8 Å². The normalized spacial score (nSPS) is 28.8. The third kappa shape index (κ3) is 2.37. The number of piperidine rings is 1. The van der Waals surface area contributed by atoms with E-state index in [0.29, 0.717) is 12.1 Å². The Balaban J connectivity index is 1.83. The van der Waals surface area contributed by atoms with Gasteiger partial charge in [0.25, 0.3) is 5.91 Å². The first-order valence-corrected chi connectivity index (χ1v) is 8.81. The molecule has 2 fully saturated rings. The summed E-state index contributed by atoms with van der Waals surface area (Å²) in [6.07, 6.45) is 6.93. The number of carbonyl (C=O) groups excluding carboxylic acids is 1. The molecular formula is C17H23NOS. The molecule has 0 aliphatic carbocycles. The van der Waals surface area contributed by atoms with Crippen LogP contribution >= 0.6 is 11.8 Å².